The highest BCUT2D eigenvalue weighted by Gasteiger charge is 2.43. The Morgan fingerprint density at radius 2 is 1.62 bits per heavy atom. The Kier molecular flexibility index (Phi) is 5.37. The molecule has 1 unspecified atom stereocenters. The largest absolute Gasteiger partial charge is 0.317 e. The molecule has 0 saturated heterocycles. The Balaban J connectivity index is 1.74. The van der Waals surface area contributed by atoms with Crippen LogP contribution in [0.4, 0.5) is 15.9 Å². The van der Waals surface area contributed by atoms with Crippen LogP contribution < -0.4 is 10.4 Å². The number of benzene rings is 3. The van der Waals surface area contributed by atoms with Gasteiger partial charge >= 0.3 is 0 Å². The number of aryl methyl sites for hydroxylation is 3. The van der Waals surface area contributed by atoms with Crippen molar-refractivity contribution in [2.75, 3.05) is 12.1 Å². The summed E-state index contributed by atoms with van der Waals surface area (Å²) in [5.74, 6) is 0.634. The van der Waals surface area contributed by atoms with Crippen molar-refractivity contribution < 1.29 is 8.96 Å². The average Bonchev–Trinajstić information content (AvgIpc) is 3.17. The van der Waals surface area contributed by atoms with E-state index < -0.39 is 7.44 Å². The van der Waals surface area contributed by atoms with Crippen molar-refractivity contribution in [3.8, 4) is 5.69 Å². The van der Waals surface area contributed by atoms with E-state index in [1.165, 1.54) is 12.1 Å². The molecule has 0 amide bonds. The minimum Gasteiger partial charge on any atom is -0.317 e. The predicted octanol–water partition coefficient (Wildman–Crippen LogP) is 5.89. The highest BCUT2D eigenvalue weighted by atomic mass is 31.2. The van der Waals surface area contributed by atoms with Crippen LogP contribution in [-0.4, -0.2) is 27.3 Å². The predicted molar refractivity (Wildman–Crippen MR) is 135 cm³/mol. The van der Waals surface area contributed by atoms with Gasteiger partial charge in [-0.25, -0.2) is 14.1 Å². The molecule has 1 atom stereocenters. The van der Waals surface area contributed by atoms with Crippen LogP contribution in [0.3, 0.4) is 0 Å². The Labute approximate surface area is 198 Å². The molecule has 4 aromatic rings. The molecule has 1 aromatic heterocycles. The molecule has 0 radical (unpaired) electrons. The van der Waals surface area contributed by atoms with Crippen molar-refractivity contribution in [3.05, 3.63) is 101 Å². The van der Waals surface area contributed by atoms with E-state index in [0.29, 0.717) is 28.2 Å². The Morgan fingerprint density at radius 3 is 2.29 bits per heavy atom. The third kappa shape index (κ3) is 3.62. The van der Waals surface area contributed by atoms with Crippen LogP contribution in [0.5, 0.6) is 0 Å². The smallest absolute Gasteiger partial charge is 0.296 e. The molecule has 6 nitrogen and oxygen atoms in total. The van der Waals surface area contributed by atoms with Gasteiger partial charge in [0.05, 0.1) is 11.4 Å². The lowest BCUT2D eigenvalue weighted by Gasteiger charge is -2.35. The topological polar surface area (TPSA) is 62.5 Å². The van der Waals surface area contributed by atoms with E-state index in [9.17, 15) is 8.96 Å². The first-order valence-electron chi connectivity index (χ1n) is 11.0. The molecule has 0 aliphatic carbocycles. The molecule has 0 fully saturated rings. The molecule has 3 aromatic carbocycles. The fourth-order valence-electron chi connectivity index (χ4n) is 4.13. The molecular weight excluding hydrogens is 448 g/mol. The number of rotatable bonds is 4. The molecule has 0 bridgehead atoms. The number of amidine groups is 1. The molecule has 1 N–H and O–H groups in total. The molecule has 172 valence electrons. The fraction of sp³-hybridized carbons (Fsp3) is 0.154. The number of hydrogen-bond donors (Lipinski definition) is 1. The summed E-state index contributed by atoms with van der Waals surface area (Å²) in [7, 11) is -1.70. The summed E-state index contributed by atoms with van der Waals surface area (Å²) >= 11 is 0. The lowest BCUT2D eigenvalue weighted by Crippen LogP contribution is -2.36. The first-order chi connectivity index (χ1) is 16.3. The molecule has 1 aliphatic rings. The summed E-state index contributed by atoms with van der Waals surface area (Å²) in [6.45, 7) is 5.91. The molecule has 2 heterocycles. The first-order valence-corrected chi connectivity index (χ1v) is 12.6. The summed E-state index contributed by atoms with van der Waals surface area (Å²) < 4.78 is 31.9. The van der Waals surface area contributed by atoms with Crippen LogP contribution in [-0.2, 0) is 4.57 Å². The van der Waals surface area contributed by atoms with Gasteiger partial charge in [0.15, 0.2) is 5.82 Å². The minimum atomic E-state index is -3.45. The highest BCUT2D eigenvalue weighted by Crippen LogP contribution is 2.54. The van der Waals surface area contributed by atoms with Crippen LogP contribution in [0.25, 0.3) is 5.69 Å². The number of para-hydroxylation sites is 1. The number of hydrogen-bond acceptors (Lipinski definition) is 3. The lowest BCUT2D eigenvalue weighted by molar-refractivity contribution is 0.553. The van der Waals surface area contributed by atoms with Crippen molar-refractivity contribution in [2.45, 2.75) is 20.8 Å². The number of aromatic nitrogens is 2. The maximum atomic E-state index is 14.9. The van der Waals surface area contributed by atoms with E-state index in [0.717, 1.165) is 22.5 Å². The quantitative estimate of drug-likeness (QED) is 0.376. The van der Waals surface area contributed by atoms with Crippen LogP contribution in [0.2, 0.25) is 0 Å². The van der Waals surface area contributed by atoms with E-state index in [1.54, 1.807) is 28.5 Å². The number of fused-ring (bicyclic) bond motifs is 1. The van der Waals surface area contributed by atoms with Gasteiger partial charge < -0.3 is 5.09 Å². The summed E-state index contributed by atoms with van der Waals surface area (Å²) in [6, 6.07) is 21.6. The van der Waals surface area contributed by atoms with E-state index in [2.05, 4.69) is 5.09 Å². The molecule has 0 saturated carbocycles. The second kappa shape index (κ2) is 8.26. The average molecular weight is 473 g/mol. The van der Waals surface area contributed by atoms with Gasteiger partial charge in [0.1, 0.15) is 17.0 Å². The van der Waals surface area contributed by atoms with Crippen LogP contribution >= 0.6 is 7.44 Å². The summed E-state index contributed by atoms with van der Waals surface area (Å²) in [4.78, 5) is 4.90. The van der Waals surface area contributed by atoms with Gasteiger partial charge in [-0.3, -0.25) is 9.24 Å². The van der Waals surface area contributed by atoms with E-state index in [-0.39, 0.29) is 5.82 Å². The monoisotopic (exact) mass is 473 g/mol. The van der Waals surface area contributed by atoms with Gasteiger partial charge in [0, 0.05) is 18.3 Å². The zero-order valence-electron chi connectivity index (χ0n) is 19.5. The number of halogens is 1. The zero-order chi connectivity index (χ0) is 24.0. The maximum Gasteiger partial charge on any atom is 0.296 e. The van der Waals surface area contributed by atoms with Crippen LogP contribution in [0, 0.1) is 26.6 Å². The van der Waals surface area contributed by atoms with Crippen molar-refractivity contribution in [3.63, 3.8) is 0 Å². The second-order valence-electron chi connectivity index (χ2n) is 8.46. The molecule has 8 heteroatoms. The van der Waals surface area contributed by atoms with Crippen LogP contribution in [0.1, 0.15) is 22.4 Å². The zero-order valence-corrected chi connectivity index (χ0v) is 20.3. The summed E-state index contributed by atoms with van der Waals surface area (Å²) in [6.07, 6.45) is 0. The van der Waals surface area contributed by atoms with Gasteiger partial charge in [0.2, 0.25) is 0 Å². The molecular formula is C26H25FN5OP. The maximum absolute atomic E-state index is 14.9. The summed E-state index contributed by atoms with van der Waals surface area (Å²) in [5.41, 5.74) is 5.11. The summed E-state index contributed by atoms with van der Waals surface area (Å²) in [5, 5.41) is 8.60. The standard InChI is InChI=1S/C26H25FN5OP/c1-17-10-15-22(16-18(17)2)30-34(33)24-19(3)29-32(23-8-6-5-7-9-23)26(24)28-25(31(34)4)20-11-13-21(27)14-12-20/h5-16H,1-4H3,(H,30,33). The van der Waals surface area contributed by atoms with Crippen molar-refractivity contribution in [1.82, 2.24) is 14.5 Å². The third-order valence-corrected chi connectivity index (χ3v) is 8.87. The number of nitrogens with zero attached hydrogens (tertiary/aromatic N) is 4. The molecule has 34 heavy (non-hydrogen) atoms. The first kappa shape index (κ1) is 22.1. The lowest BCUT2D eigenvalue weighted by atomic mass is 10.1. The third-order valence-electron chi connectivity index (χ3n) is 6.14. The van der Waals surface area contributed by atoms with Gasteiger partial charge in [-0.1, -0.05) is 24.3 Å². The van der Waals surface area contributed by atoms with E-state index in [1.807, 2.05) is 69.3 Å². The number of nitrogens with one attached hydrogen (secondary N) is 1. The second-order valence-corrected chi connectivity index (χ2v) is 10.9. The van der Waals surface area contributed by atoms with E-state index >= 15 is 0 Å². The van der Waals surface area contributed by atoms with Crippen molar-refractivity contribution >= 4 is 30.1 Å². The van der Waals surface area contributed by atoms with E-state index in [4.69, 9.17) is 10.1 Å². The molecule has 1 aliphatic heterocycles. The van der Waals surface area contributed by atoms with Gasteiger partial charge in [-0.05, 0) is 80.4 Å². The SMILES string of the molecule is Cc1ccc(NP2(=O)c3c(C)nn(-c4ccccc4)c3N=C(c3ccc(F)cc3)N2C)cc1C. The van der Waals surface area contributed by atoms with Crippen LogP contribution in [0.15, 0.2) is 77.8 Å². The van der Waals surface area contributed by atoms with Gasteiger partial charge in [0.25, 0.3) is 7.44 Å². The highest BCUT2D eigenvalue weighted by molar-refractivity contribution is 7.72. The molecule has 0 spiro atoms. The van der Waals surface area contributed by atoms with Crippen molar-refractivity contribution in [2.24, 2.45) is 4.99 Å². The Hall–Kier alpha value is -3.70. The van der Waals surface area contributed by atoms with Crippen molar-refractivity contribution in [1.29, 1.82) is 0 Å². The normalized spacial score (nSPS) is 17.3. The fourth-order valence-corrected chi connectivity index (χ4v) is 6.51. The number of anilines is 1. The Bertz CT molecular complexity index is 1460. The molecule has 5 rings (SSSR count). The van der Waals surface area contributed by atoms with Gasteiger partial charge in [-0.15, -0.1) is 0 Å². The number of aliphatic imine (C=N–C) groups is 1. The Morgan fingerprint density at radius 1 is 0.912 bits per heavy atom. The minimum absolute atomic E-state index is 0.342. The van der Waals surface area contributed by atoms with Gasteiger partial charge in [-0.2, -0.15) is 5.10 Å².